The van der Waals surface area contributed by atoms with Crippen molar-refractivity contribution < 1.29 is 19.1 Å². The van der Waals surface area contributed by atoms with E-state index in [1.165, 1.54) is 7.11 Å². The van der Waals surface area contributed by atoms with E-state index >= 15 is 0 Å². The van der Waals surface area contributed by atoms with Crippen LogP contribution in [0.1, 0.15) is 43.1 Å². The predicted molar refractivity (Wildman–Crippen MR) is 100 cm³/mol. The number of methoxy groups -OCH3 is 1. The van der Waals surface area contributed by atoms with Crippen LogP contribution in [0.15, 0.2) is 30.5 Å². The Hall–Kier alpha value is -2.76. The Kier molecular flexibility index (Phi) is 4.76. The summed E-state index contributed by atoms with van der Waals surface area (Å²) in [6.45, 7) is 6.71. The van der Waals surface area contributed by atoms with Gasteiger partial charge in [-0.1, -0.05) is 12.1 Å². The van der Waals surface area contributed by atoms with Crippen LogP contribution in [0, 0.1) is 0 Å². The second kappa shape index (κ2) is 6.86. The molecule has 138 valence electrons. The molecule has 0 saturated heterocycles. The quantitative estimate of drug-likeness (QED) is 0.826. The second-order valence-corrected chi connectivity index (χ2v) is 7.36. The van der Waals surface area contributed by atoms with Crippen LogP contribution in [-0.2, 0) is 9.47 Å². The minimum Gasteiger partial charge on any atom is -0.465 e. The zero-order valence-corrected chi connectivity index (χ0v) is 15.6. The Labute approximate surface area is 152 Å². The molecule has 1 amide bonds. The molecule has 2 aromatic rings. The lowest BCUT2D eigenvalue weighted by Crippen LogP contribution is -2.39. The summed E-state index contributed by atoms with van der Waals surface area (Å²) in [5.41, 5.74) is 3.12. The molecule has 6 heteroatoms. The van der Waals surface area contributed by atoms with Crippen molar-refractivity contribution in [1.29, 1.82) is 0 Å². The van der Waals surface area contributed by atoms with E-state index in [0.29, 0.717) is 18.7 Å². The van der Waals surface area contributed by atoms with Gasteiger partial charge in [0.05, 0.1) is 12.7 Å². The number of ether oxygens (including phenoxy) is 2. The minimum atomic E-state index is -0.495. The SMILES string of the molecule is COC(=O)c1c[nH]c2ccc(C3=CCN(C(=O)OC(C)(C)C)CC3)cc12. The van der Waals surface area contributed by atoms with Crippen LogP contribution >= 0.6 is 0 Å². The lowest BCUT2D eigenvalue weighted by atomic mass is 9.97. The number of hydrogen-bond donors (Lipinski definition) is 1. The number of carbonyl (C=O) groups excluding carboxylic acids is 2. The fourth-order valence-corrected chi connectivity index (χ4v) is 3.02. The van der Waals surface area contributed by atoms with Crippen molar-refractivity contribution in [3.63, 3.8) is 0 Å². The van der Waals surface area contributed by atoms with Crippen molar-refractivity contribution in [3.8, 4) is 0 Å². The molecule has 0 fully saturated rings. The summed E-state index contributed by atoms with van der Waals surface area (Å²) >= 11 is 0. The highest BCUT2D eigenvalue weighted by atomic mass is 16.6. The first-order valence-corrected chi connectivity index (χ1v) is 8.65. The van der Waals surface area contributed by atoms with Crippen LogP contribution in [0.3, 0.4) is 0 Å². The van der Waals surface area contributed by atoms with Gasteiger partial charge in [-0.25, -0.2) is 9.59 Å². The third-order valence-electron chi connectivity index (χ3n) is 4.32. The summed E-state index contributed by atoms with van der Waals surface area (Å²) < 4.78 is 10.3. The van der Waals surface area contributed by atoms with Gasteiger partial charge in [0.2, 0.25) is 0 Å². The Morgan fingerprint density at radius 2 is 2.00 bits per heavy atom. The highest BCUT2D eigenvalue weighted by molar-refractivity contribution is 6.04. The molecule has 2 heterocycles. The van der Waals surface area contributed by atoms with Gasteiger partial charge in [-0.3, -0.25) is 0 Å². The molecule has 0 atom stereocenters. The van der Waals surface area contributed by atoms with Crippen molar-refractivity contribution in [1.82, 2.24) is 9.88 Å². The van der Waals surface area contributed by atoms with E-state index in [9.17, 15) is 9.59 Å². The van der Waals surface area contributed by atoms with Gasteiger partial charge in [0, 0.05) is 30.2 Å². The van der Waals surface area contributed by atoms with Crippen LogP contribution in [0.5, 0.6) is 0 Å². The molecule has 0 aliphatic carbocycles. The van der Waals surface area contributed by atoms with E-state index in [4.69, 9.17) is 9.47 Å². The standard InChI is InChI=1S/C20H24N2O4/c1-20(2,3)26-19(24)22-9-7-13(8-10-22)14-5-6-17-15(11-14)16(12-21-17)18(23)25-4/h5-7,11-12,21H,8-10H2,1-4H3. The summed E-state index contributed by atoms with van der Waals surface area (Å²) in [6, 6.07) is 5.97. The number of H-pyrrole nitrogens is 1. The summed E-state index contributed by atoms with van der Waals surface area (Å²) in [5.74, 6) is -0.359. The smallest absolute Gasteiger partial charge is 0.410 e. The highest BCUT2D eigenvalue weighted by Gasteiger charge is 2.24. The minimum absolute atomic E-state index is 0.290. The fourth-order valence-electron chi connectivity index (χ4n) is 3.02. The van der Waals surface area contributed by atoms with Crippen molar-refractivity contribution in [2.24, 2.45) is 0 Å². The molecule has 1 aromatic carbocycles. The normalized spacial score (nSPS) is 14.9. The lowest BCUT2D eigenvalue weighted by Gasteiger charge is -2.29. The Morgan fingerprint density at radius 3 is 2.62 bits per heavy atom. The molecule has 1 N–H and O–H groups in total. The third kappa shape index (κ3) is 3.74. The maximum absolute atomic E-state index is 12.2. The maximum Gasteiger partial charge on any atom is 0.410 e. The molecule has 0 saturated carbocycles. The van der Waals surface area contributed by atoms with Gasteiger partial charge in [-0.15, -0.1) is 0 Å². The van der Waals surface area contributed by atoms with Crippen molar-refractivity contribution in [2.75, 3.05) is 20.2 Å². The van der Waals surface area contributed by atoms with Gasteiger partial charge in [0.1, 0.15) is 5.60 Å². The molecule has 26 heavy (non-hydrogen) atoms. The third-order valence-corrected chi connectivity index (χ3v) is 4.32. The van der Waals surface area contributed by atoms with Gasteiger partial charge in [0.25, 0.3) is 0 Å². The number of nitrogens with zero attached hydrogens (tertiary/aromatic N) is 1. The van der Waals surface area contributed by atoms with Gasteiger partial charge in [0.15, 0.2) is 0 Å². The number of aromatic amines is 1. The van der Waals surface area contributed by atoms with Crippen molar-refractivity contribution in [2.45, 2.75) is 32.8 Å². The van der Waals surface area contributed by atoms with E-state index in [1.54, 1.807) is 11.1 Å². The first-order chi connectivity index (χ1) is 12.3. The number of rotatable bonds is 2. The number of amides is 1. The summed E-state index contributed by atoms with van der Waals surface area (Å²) in [5, 5.41) is 0.838. The summed E-state index contributed by atoms with van der Waals surface area (Å²) in [7, 11) is 1.37. The molecule has 1 aliphatic heterocycles. The van der Waals surface area contributed by atoms with Crippen LogP contribution in [-0.4, -0.2) is 47.7 Å². The summed E-state index contributed by atoms with van der Waals surface area (Å²) in [6.07, 6.45) is 4.16. The average Bonchev–Trinajstić information content (AvgIpc) is 3.03. The number of esters is 1. The molecule has 0 bridgehead atoms. The largest absolute Gasteiger partial charge is 0.465 e. The van der Waals surface area contributed by atoms with Gasteiger partial charge in [-0.2, -0.15) is 0 Å². The fraction of sp³-hybridized carbons (Fsp3) is 0.400. The Balaban J connectivity index is 1.80. The second-order valence-electron chi connectivity index (χ2n) is 7.36. The molecular formula is C20H24N2O4. The number of fused-ring (bicyclic) bond motifs is 1. The maximum atomic E-state index is 12.2. The van der Waals surface area contributed by atoms with Crippen LogP contribution in [0.4, 0.5) is 4.79 Å². The zero-order chi connectivity index (χ0) is 18.9. The first kappa shape index (κ1) is 18.0. The van der Waals surface area contributed by atoms with Crippen molar-refractivity contribution in [3.05, 3.63) is 41.6 Å². The lowest BCUT2D eigenvalue weighted by molar-refractivity contribution is 0.0270. The first-order valence-electron chi connectivity index (χ1n) is 8.65. The topological polar surface area (TPSA) is 71.6 Å². The van der Waals surface area contributed by atoms with Gasteiger partial charge >= 0.3 is 12.1 Å². The number of aromatic nitrogens is 1. The average molecular weight is 356 g/mol. The molecule has 0 spiro atoms. The van der Waals surface area contributed by atoms with Crippen molar-refractivity contribution >= 4 is 28.5 Å². The van der Waals surface area contributed by atoms with E-state index in [1.807, 2.05) is 45.0 Å². The van der Waals surface area contributed by atoms with Gasteiger partial charge in [-0.05, 0) is 50.5 Å². The van der Waals surface area contributed by atoms with E-state index in [2.05, 4.69) is 4.98 Å². The van der Waals surface area contributed by atoms with Crippen LogP contribution in [0.25, 0.3) is 16.5 Å². The predicted octanol–water partition coefficient (Wildman–Crippen LogP) is 3.98. The number of hydrogen-bond acceptors (Lipinski definition) is 4. The van der Waals surface area contributed by atoms with Crippen LogP contribution in [0.2, 0.25) is 0 Å². The van der Waals surface area contributed by atoms with E-state index in [0.717, 1.165) is 28.5 Å². The molecule has 6 nitrogen and oxygen atoms in total. The molecule has 3 rings (SSSR count). The Morgan fingerprint density at radius 1 is 1.23 bits per heavy atom. The highest BCUT2D eigenvalue weighted by Crippen LogP contribution is 2.28. The molecule has 0 unspecified atom stereocenters. The number of carbonyl (C=O) groups is 2. The zero-order valence-electron chi connectivity index (χ0n) is 15.6. The molecule has 0 radical (unpaired) electrons. The monoisotopic (exact) mass is 356 g/mol. The van der Waals surface area contributed by atoms with Gasteiger partial charge < -0.3 is 19.4 Å². The molecule has 1 aliphatic rings. The number of nitrogens with one attached hydrogen (secondary N) is 1. The van der Waals surface area contributed by atoms with E-state index in [-0.39, 0.29) is 12.1 Å². The Bertz CT molecular complexity index is 874. The number of benzene rings is 1. The molecule has 1 aromatic heterocycles. The summed E-state index contributed by atoms with van der Waals surface area (Å²) in [4.78, 5) is 28.8. The van der Waals surface area contributed by atoms with Crippen LogP contribution < -0.4 is 0 Å². The van der Waals surface area contributed by atoms with E-state index < -0.39 is 5.60 Å². The molecular weight excluding hydrogens is 332 g/mol.